The normalized spacial score (nSPS) is 10.7. The Bertz CT molecular complexity index is 532. The van der Waals surface area contributed by atoms with Crippen molar-refractivity contribution in [3.63, 3.8) is 0 Å². The van der Waals surface area contributed by atoms with Crippen LogP contribution in [0.2, 0.25) is 5.02 Å². The molecule has 0 unspecified atom stereocenters. The molecule has 19 heavy (non-hydrogen) atoms. The number of rotatable bonds is 6. The summed E-state index contributed by atoms with van der Waals surface area (Å²) in [6.45, 7) is 1.41. The highest BCUT2D eigenvalue weighted by atomic mass is 35.5. The van der Waals surface area contributed by atoms with Gasteiger partial charge in [0.15, 0.2) is 0 Å². The maximum absolute atomic E-state index is 5.98. The van der Waals surface area contributed by atoms with Crippen LogP contribution >= 0.6 is 23.1 Å². The van der Waals surface area contributed by atoms with Crippen molar-refractivity contribution in [1.82, 2.24) is 9.36 Å². The fourth-order valence-corrected chi connectivity index (χ4v) is 2.55. The topological polar surface area (TPSA) is 38.2 Å². The third-order valence-corrected chi connectivity index (χ3v) is 3.73. The maximum Gasteiger partial charge on any atom is 0.205 e. The molecule has 102 valence electrons. The van der Waals surface area contributed by atoms with E-state index in [0.717, 1.165) is 34.5 Å². The Labute approximate surface area is 122 Å². The zero-order chi connectivity index (χ0) is 13.7. The van der Waals surface area contributed by atoms with Crippen LogP contribution in [0.5, 0.6) is 0 Å². The Morgan fingerprint density at radius 2 is 2.26 bits per heavy atom. The summed E-state index contributed by atoms with van der Waals surface area (Å²) in [7, 11) is 3.68. The van der Waals surface area contributed by atoms with Crippen LogP contribution in [-0.2, 0) is 17.7 Å². The lowest BCUT2D eigenvalue weighted by molar-refractivity contribution is 0.201. The fraction of sp³-hybridized carbons (Fsp3) is 0.385. The molecule has 0 amide bonds. The molecule has 2 rings (SSSR count). The Hall–Kier alpha value is -1.17. The van der Waals surface area contributed by atoms with Crippen molar-refractivity contribution in [1.29, 1.82) is 0 Å². The van der Waals surface area contributed by atoms with Crippen molar-refractivity contribution < 1.29 is 4.74 Å². The SMILES string of the molecule is COCCc1nsc(N(C)Cc2cccc(Cl)c2)n1. The van der Waals surface area contributed by atoms with Crippen LogP contribution in [0.3, 0.4) is 0 Å². The minimum atomic E-state index is 0.647. The number of hydrogen-bond acceptors (Lipinski definition) is 5. The molecule has 0 saturated heterocycles. The smallest absolute Gasteiger partial charge is 0.205 e. The van der Waals surface area contributed by atoms with E-state index in [2.05, 4.69) is 20.3 Å². The zero-order valence-electron chi connectivity index (χ0n) is 11.0. The lowest BCUT2D eigenvalue weighted by atomic mass is 10.2. The first-order valence-corrected chi connectivity index (χ1v) is 7.11. The van der Waals surface area contributed by atoms with Gasteiger partial charge in [0.25, 0.3) is 0 Å². The molecule has 0 aliphatic carbocycles. The lowest BCUT2D eigenvalue weighted by Gasteiger charge is -2.15. The third kappa shape index (κ3) is 4.16. The molecule has 6 heteroatoms. The second-order valence-electron chi connectivity index (χ2n) is 4.22. The molecule has 2 aromatic rings. The lowest BCUT2D eigenvalue weighted by Crippen LogP contribution is -2.16. The van der Waals surface area contributed by atoms with Crippen molar-refractivity contribution in [2.24, 2.45) is 0 Å². The first-order chi connectivity index (χ1) is 9.19. The van der Waals surface area contributed by atoms with Crippen LogP contribution in [0.1, 0.15) is 11.4 Å². The summed E-state index contributed by atoms with van der Waals surface area (Å²) < 4.78 is 9.34. The molecule has 0 spiro atoms. The second-order valence-corrected chi connectivity index (χ2v) is 5.39. The Morgan fingerprint density at radius 3 is 3.00 bits per heavy atom. The largest absolute Gasteiger partial charge is 0.384 e. The highest BCUT2D eigenvalue weighted by Gasteiger charge is 2.09. The highest BCUT2D eigenvalue weighted by Crippen LogP contribution is 2.19. The monoisotopic (exact) mass is 297 g/mol. The van der Waals surface area contributed by atoms with Gasteiger partial charge in [-0.05, 0) is 17.7 Å². The molecular formula is C13H16ClN3OS. The average molecular weight is 298 g/mol. The number of methoxy groups -OCH3 is 1. The second kappa shape index (κ2) is 6.84. The summed E-state index contributed by atoms with van der Waals surface area (Å²) in [4.78, 5) is 6.56. The molecule has 0 saturated carbocycles. The van der Waals surface area contributed by atoms with Gasteiger partial charge in [-0.25, -0.2) is 4.98 Å². The van der Waals surface area contributed by atoms with Gasteiger partial charge in [0.2, 0.25) is 5.13 Å². The number of ether oxygens (including phenoxy) is 1. The molecule has 1 heterocycles. The predicted octanol–water partition coefficient (Wildman–Crippen LogP) is 3.02. The quantitative estimate of drug-likeness (QED) is 0.821. The number of aromatic nitrogens is 2. The van der Waals surface area contributed by atoms with Crippen LogP contribution in [0, 0.1) is 0 Å². The number of halogens is 1. The van der Waals surface area contributed by atoms with Crippen LogP contribution < -0.4 is 4.90 Å². The van der Waals surface area contributed by atoms with E-state index in [0.29, 0.717) is 6.61 Å². The van der Waals surface area contributed by atoms with E-state index in [4.69, 9.17) is 16.3 Å². The molecule has 0 radical (unpaired) electrons. The molecule has 0 aliphatic rings. The predicted molar refractivity (Wildman–Crippen MR) is 79.0 cm³/mol. The van der Waals surface area contributed by atoms with E-state index < -0.39 is 0 Å². The number of hydrogen-bond donors (Lipinski definition) is 0. The molecular weight excluding hydrogens is 282 g/mol. The van der Waals surface area contributed by atoms with Crippen molar-refractivity contribution in [2.45, 2.75) is 13.0 Å². The van der Waals surface area contributed by atoms with Gasteiger partial charge in [-0.2, -0.15) is 4.37 Å². The minimum absolute atomic E-state index is 0.647. The van der Waals surface area contributed by atoms with Gasteiger partial charge in [0.05, 0.1) is 6.61 Å². The highest BCUT2D eigenvalue weighted by molar-refractivity contribution is 7.09. The molecule has 0 N–H and O–H groups in total. The fourth-order valence-electron chi connectivity index (χ4n) is 1.67. The zero-order valence-corrected chi connectivity index (χ0v) is 12.5. The average Bonchev–Trinajstić information content (AvgIpc) is 2.85. The van der Waals surface area contributed by atoms with Crippen LogP contribution in [0.15, 0.2) is 24.3 Å². The van der Waals surface area contributed by atoms with E-state index in [1.165, 1.54) is 11.5 Å². The summed E-state index contributed by atoms with van der Waals surface area (Å²) in [5.74, 6) is 0.833. The van der Waals surface area contributed by atoms with Gasteiger partial charge in [-0.1, -0.05) is 23.7 Å². The molecule has 1 aromatic heterocycles. The van der Waals surface area contributed by atoms with Crippen molar-refractivity contribution >= 4 is 28.3 Å². The first kappa shape index (κ1) is 14.2. The summed E-state index contributed by atoms with van der Waals surface area (Å²) >= 11 is 7.39. The Balaban J connectivity index is 1.99. The summed E-state index contributed by atoms with van der Waals surface area (Å²) in [5.41, 5.74) is 1.16. The first-order valence-electron chi connectivity index (χ1n) is 5.96. The number of anilines is 1. The van der Waals surface area contributed by atoms with Crippen molar-refractivity contribution in [3.05, 3.63) is 40.7 Å². The van der Waals surface area contributed by atoms with E-state index in [1.807, 2.05) is 25.2 Å². The van der Waals surface area contributed by atoms with E-state index in [-0.39, 0.29) is 0 Å². The maximum atomic E-state index is 5.98. The van der Waals surface area contributed by atoms with Gasteiger partial charge < -0.3 is 9.64 Å². The van der Waals surface area contributed by atoms with Crippen molar-refractivity contribution in [3.8, 4) is 0 Å². The van der Waals surface area contributed by atoms with E-state index >= 15 is 0 Å². The van der Waals surface area contributed by atoms with Crippen LogP contribution in [0.4, 0.5) is 5.13 Å². The molecule has 0 atom stereocenters. The molecule has 0 fully saturated rings. The van der Waals surface area contributed by atoms with Crippen LogP contribution in [-0.4, -0.2) is 30.1 Å². The van der Waals surface area contributed by atoms with Gasteiger partial charge in [-0.3, -0.25) is 0 Å². The van der Waals surface area contributed by atoms with Gasteiger partial charge >= 0.3 is 0 Å². The van der Waals surface area contributed by atoms with Crippen molar-refractivity contribution in [2.75, 3.05) is 25.7 Å². The summed E-state index contributed by atoms with van der Waals surface area (Å²) in [6, 6.07) is 7.84. The van der Waals surface area contributed by atoms with Crippen LogP contribution in [0.25, 0.3) is 0 Å². The molecule has 4 nitrogen and oxygen atoms in total. The Kier molecular flexibility index (Phi) is 5.13. The van der Waals surface area contributed by atoms with E-state index in [1.54, 1.807) is 7.11 Å². The molecule has 1 aromatic carbocycles. The summed E-state index contributed by atoms with van der Waals surface area (Å²) in [6.07, 6.45) is 0.748. The standard InChI is InChI=1S/C13H16ClN3OS/c1-17(9-10-4-3-5-11(14)8-10)13-15-12(16-19-13)6-7-18-2/h3-5,8H,6-7,9H2,1-2H3. The molecule has 0 bridgehead atoms. The minimum Gasteiger partial charge on any atom is -0.384 e. The van der Waals surface area contributed by atoms with Gasteiger partial charge in [0, 0.05) is 43.7 Å². The molecule has 0 aliphatic heterocycles. The number of nitrogens with zero attached hydrogens (tertiary/aromatic N) is 3. The van der Waals surface area contributed by atoms with Gasteiger partial charge in [-0.15, -0.1) is 0 Å². The third-order valence-electron chi connectivity index (χ3n) is 2.62. The van der Waals surface area contributed by atoms with Gasteiger partial charge in [0.1, 0.15) is 5.82 Å². The number of benzene rings is 1. The van der Waals surface area contributed by atoms with E-state index in [9.17, 15) is 0 Å². The Morgan fingerprint density at radius 1 is 1.42 bits per heavy atom. The summed E-state index contributed by atoms with van der Waals surface area (Å²) in [5, 5.41) is 1.66.